The molecule has 1 aromatic carbocycles. The van der Waals surface area contributed by atoms with E-state index < -0.39 is 0 Å². The van der Waals surface area contributed by atoms with E-state index in [1.165, 1.54) is 23.7 Å². The molecule has 0 aliphatic carbocycles. The third-order valence-electron chi connectivity index (χ3n) is 5.14. The molecular formula is C22H28N2O3. The first-order valence-electron chi connectivity index (χ1n) is 9.53. The van der Waals surface area contributed by atoms with Crippen LogP contribution >= 0.6 is 0 Å². The summed E-state index contributed by atoms with van der Waals surface area (Å²) in [6.07, 6.45) is 4.22. The van der Waals surface area contributed by atoms with E-state index in [-0.39, 0.29) is 17.2 Å². The fourth-order valence-electron chi connectivity index (χ4n) is 3.31. The fourth-order valence-corrected chi connectivity index (χ4v) is 3.31. The first-order valence-corrected chi connectivity index (χ1v) is 9.53. The van der Waals surface area contributed by atoms with Crippen molar-refractivity contribution in [3.8, 4) is 0 Å². The third kappa shape index (κ3) is 4.79. The summed E-state index contributed by atoms with van der Waals surface area (Å²) in [7, 11) is 0. The summed E-state index contributed by atoms with van der Waals surface area (Å²) in [5, 5.41) is 0. The summed E-state index contributed by atoms with van der Waals surface area (Å²) < 4.78 is 4.97. The van der Waals surface area contributed by atoms with Crippen molar-refractivity contribution in [2.75, 3.05) is 26.2 Å². The van der Waals surface area contributed by atoms with Crippen LogP contribution in [-0.4, -0.2) is 47.8 Å². The second-order valence-corrected chi connectivity index (χ2v) is 8.13. The Morgan fingerprint density at radius 3 is 2.15 bits per heavy atom. The number of hydrogen-bond donors (Lipinski definition) is 0. The second-order valence-electron chi connectivity index (χ2n) is 8.13. The quantitative estimate of drug-likeness (QED) is 0.830. The monoisotopic (exact) mass is 368 g/mol. The summed E-state index contributed by atoms with van der Waals surface area (Å²) in [5.41, 5.74) is 3.19. The van der Waals surface area contributed by atoms with Gasteiger partial charge in [0.2, 0.25) is 5.91 Å². The SMILES string of the molecule is CC(C)(C)c1ccc(CCC(=O)N2CCN(C(=O)c3ccoc3)CC2)cc1. The van der Waals surface area contributed by atoms with Crippen molar-refractivity contribution in [3.05, 3.63) is 59.5 Å². The molecule has 5 heteroatoms. The van der Waals surface area contributed by atoms with Gasteiger partial charge in [-0.05, 0) is 29.0 Å². The number of aryl methyl sites for hydroxylation is 1. The number of nitrogens with zero attached hydrogens (tertiary/aromatic N) is 2. The van der Waals surface area contributed by atoms with Crippen molar-refractivity contribution in [2.45, 2.75) is 39.0 Å². The van der Waals surface area contributed by atoms with Crippen LogP contribution in [0, 0.1) is 0 Å². The molecule has 1 aromatic heterocycles. The maximum Gasteiger partial charge on any atom is 0.257 e. The van der Waals surface area contributed by atoms with E-state index in [2.05, 4.69) is 45.0 Å². The molecule has 0 bridgehead atoms. The van der Waals surface area contributed by atoms with Crippen LogP contribution in [0.15, 0.2) is 47.3 Å². The highest BCUT2D eigenvalue weighted by Gasteiger charge is 2.25. The first kappa shape index (κ1) is 19.2. The average Bonchev–Trinajstić information content (AvgIpc) is 3.20. The van der Waals surface area contributed by atoms with Crippen molar-refractivity contribution in [2.24, 2.45) is 0 Å². The van der Waals surface area contributed by atoms with Crippen molar-refractivity contribution in [1.82, 2.24) is 9.80 Å². The largest absolute Gasteiger partial charge is 0.472 e. The minimum atomic E-state index is -0.0326. The Labute approximate surface area is 160 Å². The highest BCUT2D eigenvalue weighted by molar-refractivity contribution is 5.94. The zero-order valence-electron chi connectivity index (χ0n) is 16.4. The van der Waals surface area contributed by atoms with Gasteiger partial charge >= 0.3 is 0 Å². The number of rotatable bonds is 4. The lowest BCUT2D eigenvalue weighted by Gasteiger charge is -2.34. The highest BCUT2D eigenvalue weighted by Crippen LogP contribution is 2.22. The van der Waals surface area contributed by atoms with Crippen LogP contribution in [0.3, 0.4) is 0 Å². The molecule has 1 saturated heterocycles. The lowest BCUT2D eigenvalue weighted by Crippen LogP contribution is -2.50. The molecule has 0 atom stereocenters. The molecule has 0 radical (unpaired) electrons. The van der Waals surface area contributed by atoms with E-state index in [0.29, 0.717) is 38.2 Å². The van der Waals surface area contributed by atoms with Crippen LogP contribution < -0.4 is 0 Å². The van der Waals surface area contributed by atoms with Gasteiger partial charge in [-0.2, -0.15) is 0 Å². The molecule has 1 fully saturated rings. The predicted octanol–water partition coefficient (Wildman–Crippen LogP) is 3.49. The van der Waals surface area contributed by atoms with E-state index in [0.717, 1.165) is 6.42 Å². The Morgan fingerprint density at radius 2 is 1.59 bits per heavy atom. The lowest BCUT2D eigenvalue weighted by atomic mass is 9.86. The molecule has 144 valence electrons. The molecule has 0 N–H and O–H groups in total. The molecule has 1 aliphatic rings. The molecule has 0 spiro atoms. The maximum atomic E-state index is 12.5. The summed E-state index contributed by atoms with van der Waals surface area (Å²) in [6, 6.07) is 10.2. The standard InChI is InChI=1S/C22H28N2O3/c1-22(2,3)19-7-4-17(5-8-19)6-9-20(25)23-11-13-24(14-12-23)21(26)18-10-15-27-16-18/h4-5,7-8,10,15-16H,6,9,11-14H2,1-3H3. The molecule has 0 saturated carbocycles. The van der Waals surface area contributed by atoms with Crippen molar-refractivity contribution >= 4 is 11.8 Å². The van der Waals surface area contributed by atoms with Gasteiger partial charge in [-0.25, -0.2) is 0 Å². The van der Waals surface area contributed by atoms with Gasteiger partial charge in [-0.15, -0.1) is 0 Å². The normalized spacial score (nSPS) is 15.1. The van der Waals surface area contributed by atoms with Crippen LogP contribution in [0.2, 0.25) is 0 Å². The zero-order valence-corrected chi connectivity index (χ0v) is 16.4. The van der Waals surface area contributed by atoms with E-state index in [1.807, 2.05) is 4.90 Å². The Hall–Kier alpha value is -2.56. The van der Waals surface area contributed by atoms with Crippen molar-refractivity contribution in [1.29, 1.82) is 0 Å². The fraction of sp³-hybridized carbons (Fsp3) is 0.455. The Balaban J connectivity index is 1.46. The lowest BCUT2D eigenvalue weighted by molar-refractivity contribution is -0.132. The van der Waals surface area contributed by atoms with Crippen LogP contribution in [0.1, 0.15) is 48.7 Å². The Morgan fingerprint density at radius 1 is 0.963 bits per heavy atom. The van der Waals surface area contributed by atoms with Crippen molar-refractivity contribution in [3.63, 3.8) is 0 Å². The molecule has 2 amide bonds. The number of piperazine rings is 1. The van der Waals surface area contributed by atoms with Crippen molar-refractivity contribution < 1.29 is 14.0 Å². The van der Waals surface area contributed by atoms with Gasteiger partial charge in [-0.3, -0.25) is 9.59 Å². The summed E-state index contributed by atoms with van der Waals surface area (Å²) in [5.74, 6) is 0.125. The Bertz CT molecular complexity index is 765. The smallest absolute Gasteiger partial charge is 0.257 e. The van der Waals surface area contributed by atoms with E-state index in [9.17, 15) is 9.59 Å². The molecule has 27 heavy (non-hydrogen) atoms. The highest BCUT2D eigenvalue weighted by atomic mass is 16.3. The number of amides is 2. The van der Waals surface area contributed by atoms with E-state index >= 15 is 0 Å². The molecule has 3 rings (SSSR count). The number of carbonyl (C=O) groups is 2. The minimum absolute atomic E-state index is 0.0326. The van der Waals surface area contributed by atoms with E-state index in [4.69, 9.17) is 4.42 Å². The molecular weight excluding hydrogens is 340 g/mol. The van der Waals surface area contributed by atoms with Gasteiger partial charge in [-0.1, -0.05) is 45.0 Å². The summed E-state index contributed by atoms with van der Waals surface area (Å²) >= 11 is 0. The molecule has 1 aliphatic heterocycles. The van der Waals surface area contributed by atoms with Crippen LogP contribution in [-0.2, 0) is 16.6 Å². The number of furan rings is 1. The number of carbonyl (C=O) groups excluding carboxylic acids is 2. The first-order chi connectivity index (χ1) is 12.8. The summed E-state index contributed by atoms with van der Waals surface area (Å²) in [6.45, 7) is 8.90. The van der Waals surface area contributed by atoms with Gasteiger partial charge in [0.05, 0.1) is 11.8 Å². The van der Waals surface area contributed by atoms with Gasteiger partial charge in [0, 0.05) is 32.6 Å². The minimum Gasteiger partial charge on any atom is -0.472 e. The molecule has 2 heterocycles. The van der Waals surface area contributed by atoms with Crippen LogP contribution in [0.4, 0.5) is 0 Å². The topological polar surface area (TPSA) is 53.8 Å². The number of hydrogen-bond acceptors (Lipinski definition) is 3. The maximum absolute atomic E-state index is 12.5. The van der Waals surface area contributed by atoms with E-state index in [1.54, 1.807) is 11.0 Å². The summed E-state index contributed by atoms with van der Waals surface area (Å²) in [4.78, 5) is 28.5. The zero-order chi connectivity index (χ0) is 19.4. The number of benzene rings is 1. The second kappa shape index (κ2) is 7.99. The van der Waals surface area contributed by atoms with Crippen LogP contribution in [0.25, 0.3) is 0 Å². The van der Waals surface area contributed by atoms with Gasteiger partial charge in [0.1, 0.15) is 6.26 Å². The van der Waals surface area contributed by atoms with Crippen LogP contribution in [0.5, 0.6) is 0 Å². The third-order valence-corrected chi connectivity index (χ3v) is 5.14. The molecule has 5 nitrogen and oxygen atoms in total. The average molecular weight is 368 g/mol. The molecule has 2 aromatic rings. The molecule has 0 unspecified atom stereocenters. The Kier molecular flexibility index (Phi) is 5.68. The van der Waals surface area contributed by atoms with Gasteiger partial charge in [0.15, 0.2) is 0 Å². The van der Waals surface area contributed by atoms with Gasteiger partial charge < -0.3 is 14.2 Å². The predicted molar refractivity (Wildman–Crippen MR) is 105 cm³/mol. The van der Waals surface area contributed by atoms with Gasteiger partial charge in [0.25, 0.3) is 5.91 Å².